The zero-order valence-corrected chi connectivity index (χ0v) is 13.0. The van der Waals surface area contributed by atoms with E-state index >= 15 is 0 Å². The van der Waals surface area contributed by atoms with Crippen LogP contribution in [0.25, 0.3) is 0 Å². The summed E-state index contributed by atoms with van der Waals surface area (Å²) in [4.78, 5) is 2.45. The molecule has 0 saturated carbocycles. The predicted molar refractivity (Wildman–Crippen MR) is 83.0 cm³/mol. The molecule has 3 rings (SSSR count). The van der Waals surface area contributed by atoms with Crippen LogP contribution in [0, 0.1) is 13.8 Å². The van der Waals surface area contributed by atoms with E-state index in [9.17, 15) is 0 Å². The second kappa shape index (κ2) is 5.95. The van der Waals surface area contributed by atoms with Crippen molar-refractivity contribution in [1.29, 1.82) is 0 Å². The summed E-state index contributed by atoms with van der Waals surface area (Å²) in [5.74, 6) is 1.07. The average molecular weight is 285 g/mol. The molecule has 1 aromatic heterocycles. The van der Waals surface area contributed by atoms with E-state index in [1.165, 1.54) is 16.7 Å². The van der Waals surface area contributed by atoms with Gasteiger partial charge in [0.1, 0.15) is 12.2 Å². The van der Waals surface area contributed by atoms with Crippen molar-refractivity contribution in [3.8, 4) is 0 Å². The molecule has 1 aliphatic rings. The van der Waals surface area contributed by atoms with Gasteiger partial charge in [-0.05, 0) is 26.5 Å². The van der Waals surface area contributed by atoms with Crippen LogP contribution in [-0.2, 0) is 13.1 Å². The lowest BCUT2D eigenvalue weighted by Gasteiger charge is -2.30. The molecule has 21 heavy (non-hydrogen) atoms. The second-order valence-electron chi connectivity index (χ2n) is 5.94. The van der Waals surface area contributed by atoms with Crippen molar-refractivity contribution >= 4 is 0 Å². The quantitative estimate of drug-likeness (QED) is 0.928. The number of likely N-dealkylation sites (N-methyl/N-ethyl adjacent to an activating group) is 1. The lowest BCUT2D eigenvalue weighted by molar-refractivity contribution is 0.197. The van der Waals surface area contributed by atoms with E-state index < -0.39 is 0 Å². The summed E-state index contributed by atoms with van der Waals surface area (Å²) in [6.45, 7) is 8.22. The highest BCUT2D eigenvalue weighted by atomic mass is 15.3. The minimum atomic E-state index is 0.345. The van der Waals surface area contributed by atoms with E-state index in [1.807, 2.05) is 13.4 Å². The van der Waals surface area contributed by atoms with Crippen LogP contribution in [0.2, 0.25) is 0 Å². The van der Waals surface area contributed by atoms with Crippen molar-refractivity contribution in [3.05, 3.63) is 47.0 Å². The molecule has 112 valence electrons. The van der Waals surface area contributed by atoms with E-state index in [-0.39, 0.29) is 0 Å². The van der Waals surface area contributed by atoms with Gasteiger partial charge in [0.05, 0.1) is 6.54 Å². The van der Waals surface area contributed by atoms with Crippen LogP contribution in [-0.4, -0.2) is 39.8 Å². The van der Waals surface area contributed by atoms with Crippen molar-refractivity contribution in [1.82, 2.24) is 25.0 Å². The lowest BCUT2D eigenvalue weighted by atomic mass is 10.0. The number of aryl methyl sites for hydroxylation is 2. The summed E-state index contributed by atoms with van der Waals surface area (Å²) >= 11 is 0. The number of nitrogens with zero attached hydrogens (tertiary/aromatic N) is 4. The number of fused-ring (bicyclic) bond motifs is 1. The third kappa shape index (κ3) is 3.14. The highest BCUT2D eigenvalue weighted by Crippen LogP contribution is 2.20. The zero-order chi connectivity index (χ0) is 14.8. The fourth-order valence-corrected chi connectivity index (χ4v) is 3.10. The fraction of sp³-hybridized carbons (Fsp3) is 0.500. The van der Waals surface area contributed by atoms with Crippen molar-refractivity contribution in [2.45, 2.75) is 33.0 Å². The van der Waals surface area contributed by atoms with Crippen molar-refractivity contribution in [2.24, 2.45) is 0 Å². The Hall–Kier alpha value is -1.72. The first-order valence-corrected chi connectivity index (χ1v) is 7.50. The van der Waals surface area contributed by atoms with Crippen LogP contribution in [0.15, 0.2) is 24.5 Å². The van der Waals surface area contributed by atoms with E-state index in [0.717, 1.165) is 32.0 Å². The second-order valence-corrected chi connectivity index (χ2v) is 5.94. The Morgan fingerprint density at radius 1 is 1.19 bits per heavy atom. The van der Waals surface area contributed by atoms with Crippen LogP contribution in [0.5, 0.6) is 0 Å². The molecular formula is C16H23N5. The van der Waals surface area contributed by atoms with E-state index in [4.69, 9.17) is 0 Å². The Bertz CT molecular complexity index is 599. The Morgan fingerprint density at radius 2 is 1.95 bits per heavy atom. The smallest absolute Gasteiger partial charge is 0.147 e. The standard InChI is InChI=1S/C16H23N5/c1-12-6-13(2)8-14(7-12)15(17-3)9-20-4-5-21-11-18-19-16(21)10-20/h6-8,11,15,17H,4-5,9-10H2,1-3H3. The summed E-state index contributed by atoms with van der Waals surface area (Å²) in [5, 5.41) is 11.6. The Labute approximate surface area is 126 Å². The van der Waals surface area contributed by atoms with Gasteiger partial charge < -0.3 is 9.88 Å². The maximum absolute atomic E-state index is 4.19. The molecule has 5 heteroatoms. The number of hydrogen-bond acceptors (Lipinski definition) is 4. The van der Waals surface area contributed by atoms with Gasteiger partial charge in [-0.25, -0.2) is 0 Å². The fourth-order valence-electron chi connectivity index (χ4n) is 3.10. The SMILES string of the molecule is CNC(CN1CCn2cnnc2C1)c1cc(C)cc(C)c1. The van der Waals surface area contributed by atoms with Gasteiger partial charge in [0.25, 0.3) is 0 Å². The molecule has 1 aromatic carbocycles. The molecule has 0 fully saturated rings. The average Bonchev–Trinajstić information content (AvgIpc) is 2.91. The maximum atomic E-state index is 4.19. The Morgan fingerprint density at radius 3 is 2.67 bits per heavy atom. The summed E-state index contributed by atoms with van der Waals surface area (Å²) in [6, 6.07) is 7.12. The van der Waals surface area contributed by atoms with Crippen LogP contribution in [0.1, 0.15) is 28.6 Å². The molecule has 1 N–H and O–H groups in total. The van der Waals surface area contributed by atoms with Gasteiger partial charge in [-0.1, -0.05) is 29.3 Å². The first-order valence-electron chi connectivity index (χ1n) is 7.50. The molecular weight excluding hydrogens is 262 g/mol. The van der Waals surface area contributed by atoms with Gasteiger partial charge >= 0.3 is 0 Å². The third-order valence-corrected chi connectivity index (χ3v) is 4.15. The predicted octanol–water partition coefficient (Wildman–Crippen LogP) is 1.67. The van der Waals surface area contributed by atoms with Crippen LogP contribution in [0.4, 0.5) is 0 Å². The molecule has 2 aromatic rings. The number of rotatable bonds is 4. The highest BCUT2D eigenvalue weighted by molar-refractivity contribution is 5.30. The number of nitrogens with one attached hydrogen (secondary N) is 1. The molecule has 0 saturated heterocycles. The summed E-state index contributed by atoms with van der Waals surface area (Å²) in [6.07, 6.45) is 1.83. The van der Waals surface area contributed by atoms with E-state index in [0.29, 0.717) is 6.04 Å². The molecule has 0 aliphatic carbocycles. The molecule has 0 spiro atoms. The molecule has 0 amide bonds. The molecule has 2 heterocycles. The normalized spacial score (nSPS) is 16.7. The topological polar surface area (TPSA) is 46.0 Å². The van der Waals surface area contributed by atoms with Gasteiger partial charge in [0, 0.05) is 25.7 Å². The Kier molecular flexibility index (Phi) is 4.03. The van der Waals surface area contributed by atoms with Crippen molar-refractivity contribution in [2.75, 3.05) is 20.1 Å². The largest absolute Gasteiger partial charge is 0.315 e. The first kappa shape index (κ1) is 14.2. The van der Waals surface area contributed by atoms with Crippen LogP contribution in [0.3, 0.4) is 0 Å². The monoisotopic (exact) mass is 285 g/mol. The minimum absolute atomic E-state index is 0.345. The zero-order valence-electron chi connectivity index (χ0n) is 13.0. The summed E-state index contributed by atoms with van der Waals surface area (Å²) in [5.41, 5.74) is 4.01. The molecule has 1 unspecified atom stereocenters. The first-order chi connectivity index (χ1) is 10.2. The van der Waals surface area contributed by atoms with Crippen LogP contribution >= 0.6 is 0 Å². The molecule has 1 atom stereocenters. The molecule has 5 nitrogen and oxygen atoms in total. The van der Waals surface area contributed by atoms with Gasteiger partial charge in [0.2, 0.25) is 0 Å². The summed E-state index contributed by atoms with van der Waals surface area (Å²) in [7, 11) is 2.04. The number of hydrogen-bond donors (Lipinski definition) is 1. The van der Waals surface area contributed by atoms with Crippen LogP contribution < -0.4 is 5.32 Å². The molecule has 0 radical (unpaired) electrons. The van der Waals surface area contributed by atoms with Gasteiger partial charge in [-0.15, -0.1) is 10.2 Å². The molecule has 1 aliphatic heterocycles. The highest BCUT2D eigenvalue weighted by Gasteiger charge is 2.21. The number of benzene rings is 1. The van der Waals surface area contributed by atoms with E-state index in [2.05, 4.69) is 57.0 Å². The third-order valence-electron chi connectivity index (χ3n) is 4.15. The van der Waals surface area contributed by atoms with Gasteiger partial charge in [-0.2, -0.15) is 0 Å². The summed E-state index contributed by atoms with van der Waals surface area (Å²) < 4.78 is 2.14. The number of aromatic nitrogens is 3. The molecule has 0 bridgehead atoms. The van der Waals surface area contributed by atoms with Gasteiger partial charge in [-0.3, -0.25) is 4.90 Å². The van der Waals surface area contributed by atoms with E-state index in [1.54, 1.807) is 0 Å². The van der Waals surface area contributed by atoms with Crippen molar-refractivity contribution in [3.63, 3.8) is 0 Å². The maximum Gasteiger partial charge on any atom is 0.147 e. The van der Waals surface area contributed by atoms with Crippen molar-refractivity contribution < 1.29 is 0 Å². The Balaban J connectivity index is 1.73. The minimum Gasteiger partial charge on any atom is -0.315 e. The van der Waals surface area contributed by atoms with Gasteiger partial charge in [0.15, 0.2) is 0 Å². The lowest BCUT2D eigenvalue weighted by Crippen LogP contribution is -2.39.